The second-order valence-corrected chi connectivity index (χ2v) is 7.85. The van der Waals surface area contributed by atoms with Crippen molar-refractivity contribution in [1.29, 1.82) is 0 Å². The maximum atomic E-state index is 6.77. The van der Waals surface area contributed by atoms with Crippen LogP contribution in [-0.2, 0) is 5.41 Å². The molecule has 0 aliphatic rings. The molecule has 34 heavy (non-hydrogen) atoms. The SMILES string of the molecule is COc1cccc(OC(c2nn[nH]n2)C(c2ccccc2)(c2ccccc2)c2ccccc2)c1. The van der Waals surface area contributed by atoms with Crippen molar-refractivity contribution in [1.82, 2.24) is 20.6 Å². The lowest BCUT2D eigenvalue weighted by molar-refractivity contribution is 0.139. The van der Waals surface area contributed by atoms with Crippen LogP contribution in [-0.4, -0.2) is 27.7 Å². The van der Waals surface area contributed by atoms with Gasteiger partial charge in [-0.25, -0.2) is 0 Å². The van der Waals surface area contributed by atoms with E-state index >= 15 is 0 Å². The molecule has 168 valence electrons. The number of ether oxygens (including phenoxy) is 2. The van der Waals surface area contributed by atoms with Gasteiger partial charge >= 0.3 is 0 Å². The Balaban J connectivity index is 1.82. The molecule has 0 fully saturated rings. The van der Waals surface area contributed by atoms with E-state index in [0.717, 1.165) is 16.7 Å². The van der Waals surface area contributed by atoms with Crippen LogP contribution in [0.2, 0.25) is 0 Å². The van der Waals surface area contributed by atoms with Crippen LogP contribution in [0.25, 0.3) is 0 Å². The fourth-order valence-electron chi connectivity index (χ4n) is 4.48. The van der Waals surface area contributed by atoms with E-state index in [1.54, 1.807) is 7.11 Å². The molecule has 0 aliphatic heterocycles. The number of hydrogen-bond acceptors (Lipinski definition) is 5. The Hall–Kier alpha value is -4.45. The zero-order valence-corrected chi connectivity index (χ0v) is 18.7. The van der Waals surface area contributed by atoms with E-state index in [0.29, 0.717) is 17.3 Å². The first-order chi connectivity index (χ1) is 16.8. The van der Waals surface area contributed by atoms with E-state index in [9.17, 15) is 0 Å². The summed E-state index contributed by atoms with van der Waals surface area (Å²) < 4.78 is 12.2. The molecule has 0 bridgehead atoms. The van der Waals surface area contributed by atoms with Crippen molar-refractivity contribution in [3.05, 3.63) is 138 Å². The van der Waals surface area contributed by atoms with Crippen molar-refractivity contribution in [2.75, 3.05) is 7.11 Å². The molecule has 1 unspecified atom stereocenters. The van der Waals surface area contributed by atoms with Crippen LogP contribution in [0, 0.1) is 0 Å². The molecule has 1 N–H and O–H groups in total. The van der Waals surface area contributed by atoms with Crippen LogP contribution in [0.15, 0.2) is 115 Å². The summed E-state index contributed by atoms with van der Waals surface area (Å²) in [6.07, 6.45) is -0.648. The average molecular weight is 449 g/mol. The minimum atomic E-state index is -0.781. The van der Waals surface area contributed by atoms with E-state index in [-0.39, 0.29) is 0 Å². The summed E-state index contributed by atoms with van der Waals surface area (Å²) in [7, 11) is 1.64. The van der Waals surface area contributed by atoms with Gasteiger partial charge in [-0.1, -0.05) is 102 Å². The van der Waals surface area contributed by atoms with Gasteiger partial charge in [0.1, 0.15) is 11.5 Å². The van der Waals surface area contributed by atoms with Crippen molar-refractivity contribution in [3.8, 4) is 11.5 Å². The number of aromatic amines is 1. The van der Waals surface area contributed by atoms with E-state index in [4.69, 9.17) is 9.47 Å². The van der Waals surface area contributed by atoms with Gasteiger partial charge in [0.25, 0.3) is 0 Å². The second-order valence-electron chi connectivity index (χ2n) is 7.85. The topological polar surface area (TPSA) is 72.9 Å². The van der Waals surface area contributed by atoms with Crippen LogP contribution in [0.1, 0.15) is 28.6 Å². The van der Waals surface area contributed by atoms with Crippen molar-refractivity contribution in [2.24, 2.45) is 0 Å². The first-order valence-corrected chi connectivity index (χ1v) is 11.0. The molecule has 1 heterocycles. The monoisotopic (exact) mass is 448 g/mol. The predicted molar refractivity (Wildman–Crippen MR) is 130 cm³/mol. The highest BCUT2D eigenvalue weighted by molar-refractivity contribution is 5.53. The summed E-state index contributed by atoms with van der Waals surface area (Å²) in [5.74, 6) is 1.79. The summed E-state index contributed by atoms with van der Waals surface area (Å²) in [6.45, 7) is 0. The number of methoxy groups -OCH3 is 1. The molecular formula is C28H24N4O2. The van der Waals surface area contributed by atoms with Crippen LogP contribution in [0.5, 0.6) is 11.5 Å². The zero-order chi connectivity index (χ0) is 23.2. The number of H-pyrrole nitrogens is 1. The maximum absolute atomic E-state index is 6.77. The minimum Gasteiger partial charge on any atom is -0.497 e. The van der Waals surface area contributed by atoms with Gasteiger partial charge in [-0.2, -0.15) is 5.21 Å². The lowest BCUT2D eigenvalue weighted by Crippen LogP contribution is -2.40. The number of aromatic nitrogens is 4. The Labute approximate surface area is 198 Å². The van der Waals surface area contributed by atoms with Gasteiger partial charge in [-0.05, 0) is 28.8 Å². The summed E-state index contributed by atoms with van der Waals surface area (Å²) in [5, 5.41) is 15.3. The van der Waals surface area contributed by atoms with E-state index in [1.807, 2.05) is 78.9 Å². The van der Waals surface area contributed by atoms with Crippen LogP contribution in [0.3, 0.4) is 0 Å². The minimum absolute atomic E-state index is 0.444. The highest BCUT2D eigenvalue weighted by Gasteiger charge is 2.48. The summed E-state index contributed by atoms with van der Waals surface area (Å²) >= 11 is 0. The standard InChI is InChI=1S/C28H24N4O2/c1-33-24-18-11-19-25(20-24)34-26(27-29-31-32-30-27)28(21-12-5-2-6-13-21,22-14-7-3-8-15-22)23-16-9-4-10-17-23/h2-20,26H,1H3,(H,29,30,31,32). The number of benzene rings is 4. The summed E-state index contributed by atoms with van der Waals surface area (Å²) in [5.41, 5.74) is 2.36. The average Bonchev–Trinajstić information content (AvgIpc) is 3.45. The molecule has 0 spiro atoms. The quantitative estimate of drug-likeness (QED) is 0.323. The number of nitrogens with one attached hydrogen (secondary N) is 1. The normalized spacial score (nSPS) is 12.1. The lowest BCUT2D eigenvalue weighted by atomic mass is 9.65. The number of nitrogens with zero attached hydrogens (tertiary/aromatic N) is 3. The molecule has 5 aromatic rings. The number of tetrazole rings is 1. The number of rotatable bonds is 8. The van der Waals surface area contributed by atoms with Gasteiger partial charge in [0.2, 0.25) is 5.82 Å². The smallest absolute Gasteiger partial charge is 0.216 e. The van der Waals surface area contributed by atoms with Crippen LogP contribution < -0.4 is 9.47 Å². The molecule has 1 aromatic heterocycles. The summed E-state index contributed by atoms with van der Waals surface area (Å²) in [6, 6.07) is 38.5. The maximum Gasteiger partial charge on any atom is 0.216 e. The fourth-order valence-corrected chi connectivity index (χ4v) is 4.48. The second kappa shape index (κ2) is 9.58. The van der Waals surface area contributed by atoms with Crippen molar-refractivity contribution < 1.29 is 9.47 Å². The Bertz CT molecular complexity index is 1210. The molecule has 0 amide bonds. The van der Waals surface area contributed by atoms with E-state index in [1.165, 1.54) is 0 Å². The Morgan fingerprint density at radius 2 is 1.21 bits per heavy atom. The van der Waals surface area contributed by atoms with Crippen LogP contribution >= 0.6 is 0 Å². The van der Waals surface area contributed by atoms with Crippen molar-refractivity contribution in [2.45, 2.75) is 11.5 Å². The predicted octanol–water partition coefficient (Wildman–Crippen LogP) is 5.36. The van der Waals surface area contributed by atoms with Crippen LogP contribution in [0.4, 0.5) is 0 Å². The molecule has 6 heteroatoms. The molecule has 0 saturated heterocycles. The van der Waals surface area contributed by atoms with Crippen molar-refractivity contribution in [3.63, 3.8) is 0 Å². The van der Waals surface area contributed by atoms with Gasteiger partial charge in [-0.3, -0.25) is 0 Å². The first kappa shape index (κ1) is 21.4. The van der Waals surface area contributed by atoms with Gasteiger partial charge in [0, 0.05) is 6.07 Å². The third-order valence-electron chi connectivity index (χ3n) is 5.97. The van der Waals surface area contributed by atoms with Gasteiger partial charge in [0.05, 0.1) is 12.5 Å². The fraction of sp³-hybridized carbons (Fsp3) is 0.107. The Kier molecular flexibility index (Phi) is 6.03. The molecule has 0 radical (unpaired) electrons. The van der Waals surface area contributed by atoms with Gasteiger partial charge in [-0.15, -0.1) is 10.2 Å². The molecule has 0 aliphatic carbocycles. The zero-order valence-electron chi connectivity index (χ0n) is 18.7. The van der Waals surface area contributed by atoms with Crippen molar-refractivity contribution >= 4 is 0 Å². The molecule has 0 saturated carbocycles. The Morgan fingerprint density at radius 3 is 1.68 bits per heavy atom. The Morgan fingerprint density at radius 1 is 0.676 bits per heavy atom. The molecule has 6 nitrogen and oxygen atoms in total. The van der Waals surface area contributed by atoms with Gasteiger partial charge in [0.15, 0.2) is 6.10 Å². The largest absolute Gasteiger partial charge is 0.497 e. The van der Waals surface area contributed by atoms with E-state index < -0.39 is 11.5 Å². The third kappa shape index (κ3) is 3.90. The molecular weight excluding hydrogens is 424 g/mol. The molecule has 5 rings (SSSR count). The van der Waals surface area contributed by atoms with Gasteiger partial charge < -0.3 is 9.47 Å². The highest BCUT2D eigenvalue weighted by Crippen LogP contribution is 2.49. The third-order valence-corrected chi connectivity index (χ3v) is 5.97. The lowest BCUT2D eigenvalue weighted by Gasteiger charge is -2.41. The molecule has 1 atom stereocenters. The summed E-state index contributed by atoms with van der Waals surface area (Å²) in [4.78, 5) is 0. The van der Waals surface area contributed by atoms with E-state index in [2.05, 4.69) is 57.0 Å². The number of hydrogen-bond donors (Lipinski definition) is 1. The first-order valence-electron chi connectivity index (χ1n) is 11.0. The molecule has 4 aromatic carbocycles. The highest BCUT2D eigenvalue weighted by atomic mass is 16.5.